The smallest absolute Gasteiger partial charge is 0.389 e. The number of hydrogen-bond donors (Lipinski definition) is 1. The first kappa shape index (κ1) is 15.6. The van der Waals surface area contributed by atoms with Gasteiger partial charge in [0.05, 0.1) is 19.3 Å². The van der Waals surface area contributed by atoms with E-state index in [1.54, 1.807) is 18.2 Å². The van der Waals surface area contributed by atoms with E-state index in [1.165, 1.54) is 7.11 Å². The maximum Gasteiger partial charge on any atom is 0.389 e. The van der Waals surface area contributed by atoms with Gasteiger partial charge in [0.2, 0.25) is 0 Å². The number of thiocarbonyl (C=S) groups is 1. The minimum Gasteiger partial charge on any atom is -0.497 e. The van der Waals surface area contributed by atoms with Gasteiger partial charge in [-0.1, -0.05) is 12.2 Å². The summed E-state index contributed by atoms with van der Waals surface area (Å²) >= 11 is 4.84. The van der Waals surface area contributed by atoms with Crippen molar-refractivity contribution in [2.24, 2.45) is 5.73 Å². The molecule has 106 valence electrons. The normalized spacial score (nSPS) is 11.2. The van der Waals surface area contributed by atoms with E-state index in [2.05, 4.69) is 0 Å². The molecule has 0 aliphatic carbocycles. The number of benzene rings is 1. The third-order valence-corrected chi connectivity index (χ3v) is 2.54. The number of rotatable bonds is 6. The van der Waals surface area contributed by atoms with Crippen LogP contribution < -0.4 is 15.2 Å². The lowest BCUT2D eigenvalue weighted by Gasteiger charge is -2.12. The fraction of sp³-hybridized carbons (Fsp3) is 0.417. The Kier molecular flexibility index (Phi) is 5.41. The van der Waals surface area contributed by atoms with E-state index in [4.69, 9.17) is 27.4 Å². The summed E-state index contributed by atoms with van der Waals surface area (Å²) in [6.07, 6.45) is -5.19. The molecule has 0 heterocycles. The molecule has 2 N–H and O–H groups in total. The molecule has 0 amide bonds. The lowest BCUT2D eigenvalue weighted by atomic mass is 10.2. The predicted molar refractivity (Wildman–Crippen MR) is 69.7 cm³/mol. The molecule has 0 saturated carbocycles. The largest absolute Gasteiger partial charge is 0.497 e. The fourth-order valence-corrected chi connectivity index (χ4v) is 1.58. The maximum atomic E-state index is 12.0. The molecule has 0 aliphatic rings. The molecular weight excluding hydrogens is 279 g/mol. The van der Waals surface area contributed by atoms with Crippen LogP contribution in [-0.2, 0) is 0 Å². The third kappa shape index (κ3) is 5.34. The van der Waals surface area contributed by atoms with Crippen molar-refractivity contribution in [1.29, 1.82) is 0 Å². The van der Waals surface area contributed by atoms with Crippen molar-refractivity contribution in [2.75, 3.05) is 13.7 Å². The third-order valence-electron chi connectivity index (χ3n) is 2.32. The Morgan fingerprint density at radius 3 is 2.58 bits per heavy atom. The number of hydrogen-bond acceptors (Lipinski definition) is 3. The lowest BCUT2D eigenvalue weighted by molar-refractivity contribution is -0.136. The Morgan fingerprint density at radius 2 is 2.05 bits per heavy atom. The SMILES string of the molecule is COc1ccc(C(N)=S)c(OCCCC(F)(F)F)c1. The van der Waals surface area contributed by atoms with Gasteiger partial charge in [-0.25, -0.2) is 0 Å². The Bertz CT molecular complexity index is 449. The first-order chi connectivity index (χ1) is 8.83. The molecule has 0 aliphatic heterocycles. The molecule has 0 fully saturated rings. The van der Waals surface area contributed by atoms with E-state index in [-0.39, 0.29) is 18.0 Å². The van der Waals surface area contributed by atoms with Gasteiger partial charge in [-0.2, -0.15) is 13.2 Å². The van der Waals surface area contributed by atoms with Gasteiger partial charge in [-0.05, 0) is 18.6 Å². The molecule has 0 spiro atoms. The van der Waals surface area contributed by atoms with Crippen molar-refractivity contribution >= 4 is 17.2 Å². The summed E-state index contributed by atoms with van der Waals surface area (Å²) in [5, 5.41) is 0. The molecular formula is C12H14F3NO2S. The molecule has 19 heavy (non-hydrogen) atoms. The Hall–Kier alpha value is -1.50. The number of halogens is 3. The van der Waals surface area contributed by atoms with Crippen LogP contribution in [0.3, 0.4) is 0 Å². The zero-order valence-electron chi connectivity index (χ0n) is 10.3. The first-order valence-electron chi connectivity index (χ1n) is 5.51. The van der Waals surface area contributed by atoms with Gasteiger partial charge in [-0.3, -0.25) is 0 Å². The minimum atomic E-state index is -4.18. The van der Waals surface area contributed by atoms with Crippen molar-refractivity contribution in [1.82, 2.24) is 0 Å². The van der Waals surface area contributed by atoms with Gasteiger partial charge in [-0.15, -0.1) is 0 Å². The van der Waals surface area contributed by atoms with Gasteiger partial charge in [0.25, 0.3) is 0 Å². The summed E-state index contributed by atoms with van der Waals surface area (Å²) in [6.45, 7) is -0.0672. The van der Waals surface area contributed by atoms with Crippen LogP contribution in [-0.4, -0.2) is 24.9 Å². The Morgan fingerprint density at radius 1 is 1.37 bits per heavy atom. The van der Waals surface area contributed by atoms with Gasteiger partial charge in [0.15, 0.2) is 0 Å². The zero-order chi connectivity index (χ0) is 14.5. The number of ether oxygens (including phenoxy) is 2. The summed E-state index contributed by atoms with van der Waals surface area (Å²) < 4.78 is 46.3. The average molecular weight is 293 g/mol. The van der Waals surface area contributed by atoms with Crippen LogP contribution in [0.4, 0.5) is 13.2 Å². The van der Waals surface area contributed by atoms with Crippen molar-refractivity contribution in [3.63, 3.8) is 0 Å². The van der Waals surface area contributed by atoms with E-state index in [0.29, 0.717) is 17.1 Å². The molecule has 0 aromatic heterocycles. The van der Waals surface area contributed by atoms with E-state index in [9.17, 15) is 13.2 Å². The topological polar surface area (TPSA) is 44.5 Å². The van der Waals surface area contributed by atoms with Crippen molar-refractivity contribution in [2.45, 2.75) is 19.0 Å². The van der Waals surface area contributed by atoms with Crippen LogP contribution in [0.15, 0.2) is 18.2 Å². The van der Waals surface area contributed by atoms with Crippen molar-refractivity contribution in [3.8, 4) is 11.5 Å². The molecule has 0 saturated heterocycles. The molecule has 7 heteroatoms. The molecule has 0 unspecified atom stereocenters. The summed E-state index contributed by atoms with van der Waals surface area (Å²) in [7, 11) is 1.48. The standard InChI is InChI=1S/C12H14F3NO2S/c1-17-8-3-4-9(11(16)19)10(7-8)18-6-2-5-12(13,14)15/h3-4,7H,2,5-6H2,1H3,(H2,16,19). The second-order valence-corrected chi connectivity index (χ2v) is 4.23. The second kappa shape index (κ2) is 6.60. The van der Waals surface area contributed by atoms with Gasteiger partial charge < -0.3 is 15.2 Å². The van der Waals surface area contributed by atoms with E-state index >= 15 is 0 Å². The fourth-order valence-electron chi connectivity index (χ4n) is 1.41. The predicted octanol–water partition coefficient (Wildman–Crippen LogP) is 3.05. The second-order valence-electron chi connectivity index (χ2n) is 3.79. The summed E-state index contributed by atoms with van der Waals surface area (Å²) in [4.78, 5) is 0.119. The lowest BCUT2D eigenvalue weighted by Crippen LogP contribution is -2.13. The summed E-state index contributed by atoms with van der Waals surface area (Å²) in [5.41, 5.74) is 5.99. The van der Waals surface area contributed by atoms with Crippen LogP contribution >= 0.6 is 12.2 Å². The highest BCUT2D eigenvalue weighted by atomic mass is 32.1. The Labute approximate surface area is 114 Å². The minimum absolute atomic E-state index is 0.0672. The first-order valence-corrected chi connectivity index (χ1v) is 5.91. The number of nitrogens with two attached hydrogens (primary N) is 1. The average Bonchev–Trinajstić information content (AvgIpc) is 2.33. The molecule has 0 atom stereocenters. The number of alkyl halides is 3. The van der Waals surface area contributed by atoms with Gasteiger partial charge >= 0.3 is 6.18 Å². The van der Waals surface area contributed by atoms with Crippen LogP contribution in [0.1, 0.15) is 18.4 Å². The molecule has 0 radical (unpaired) electrons. The van der Waals surface area contributed by atoms with Gasteiger partial charge in [0, 0.05) is 12.5 Å². The highest BCUT2D eigenvalue weighted by Crippen LogP contribution is 2.26. The van der Waals surface area contributed by atoms with Gasteiger partial charge in [0.1, 0.15) is 16.5 Å². The van der Waals surface area contributed by atoms with E-state index < -0.39 is 12.6 Å². The summed E-state index contributed by atoms with van der Waals surface area (Å²) in [6, 6.07) is 4.80. The van der Waals surface area contributed by atoms with Crippen LogP contribution in [0.2, 0.25) is 0 Å². The highest BCUT2D eigenvalue weighted by molar-refractivity contribution is 7.80. The van der Waals surface area contributed by atoms with Crippen molar-refractivity contribution in [3.05, 3.63) is 23.8 Å². The highest BCUT2D eigenvalue weighted by Gasteiger charge is 2.26. The van der Waals surface area contributed by atoms with Crippen molar-refractivity contribution < 1.29 is 22.6 Å². The molecule has 1 aromatic carbocycles. The quantitative estimate of drug-likeness (QED) is 0.647. The number of methoxy groups -OCH3 is 1. The van der Waals surface area contributed by atoms with Crippen LogP contribution in [0.25, 0.3) is 0 Å². The monoisotopic (exact) mass is 293 g/mol. The molecule has 0 bridgehead atoms. The molecule has 1 rings (SSSR count). The Balaban J connectivity index is 2.67. The zero-order valence-corrected chi connectivity index (χ0v) is 11.1. The summed E-state index contributed by atoms with van der Waals surface area (Å²) in [5.74, 6) is 0.847. The maximum absolute atomic E-state index is 12.0. The van der Waals surface area contributed by atoms with E-state index in [0.717, 1.165) is 0 Å². The molecule has 3 nitrogen and oxygen atoms in total. The van der Waals surface area contributed by atoms with Crippen LogP contribution in [0, 0.1) is 0 Å². The van der Waals surface area contributed by atoms with Crippen LogP contribution in [0.5, 0.6) is 11.5 Å². The van der Waals surface area contributed by atoms with E-state index in [1.807, 2.05) is 0 Å². The molecule has 1 aromatic rings.